The van der Waals surface area contributed by atoms with E-state index < -0.39 is 17.7 Å². The first-order chi connectivity index (χ1) is 11.4. The van der Waals surface area contributed by atoms with Crippen molar-refractivity contribution in [1.29, 1.82) is 0 Å². The van der Waals surface area contributed by atoms with E-state index >= 15 is 0 Å². The van der Waals surface area contributed by atoms with Crippen LogP contribution in [0.5, 0.6) is 0 Å². The van der Waals surface area contributed by atoms with E-state index in [1.165, 1.54) is 0 Å². The van der Waals surface area contributed by atoms with Crippen LogP contribution in [0.2, 0.25) is 0 Å². The Bertz CT molecular complexity index is 564. The number of aromatic nitrogens is 2. The van der Waals surface area contributed by atoms with Crippen LogP contribution in [0.15, 0.2) is 4.52 Å². The minimum Gasteiger partial charge on any atom is -0.444 e. The van der Waals surface area contributed by atoms with Crippen LogP contribution in [-0.4, -0.2) is 66.3 Å². The molecule has 134 valence electrons. The van der Waals surface area contributed by atoms with Gasteiger partial charge in [0.1, 0.15) is 11.6 Å². The van der Waals surface area contributed by atoms with Gasteiger partial charge in [-0.25, -0.2) is 4.79 Å². The highest BCUT2D eigenvalue weighted by Gasteiger charge is 2.36. The number of ether oxygens (including phenoxy) is 4. The molecule has 0 radical (unpaired) electrons. The molecule has 2 aliphatic rings. The topological polar surface area (TPSA) is 96.2 Å². The summed E-state index contributed by atoms with van der Waals surface area (Å²) in [7, 11) is 0. The second kappa shape index (κ2) is 7.04. The Morgan fingerprint density at radius 1 is 1.21 bits per heavy atom. The molecule has 2 aliphatic heterocycles. The highest BCUT2D eigenvalue weighted by molar-refractivity contribution is 5.68. The van der Waals surface area contributed by atoms with Gasteiger partial charge >= 0.3 is 6.09 Å². The number of hydrogen-bond donors (Lipinski definition) is 0. The SMILES string of the molecule is CC(C)(C)OC(=O)N1CCOCC1c1noc(C2COCCO2)n1. The van der Waals surface area contributed by atoms with Gasteiger partial charge in [-0.2, -0.15) is 4.98 Å². The Hall–Kier alpha value is -1.71. The van der Waals surface area contributed by atoms with Crippen LogP contribution in [0.3, 0.4) is 0 Å². The molecule has 1 amide bonds. The Morgan fingerprint density at radius 2 is 2.00 bits per heavy atom. The zero-order valence-electron chi connectivity index (χ0n) is 14.2. The van der Waals surface area contributed by atoms with Crippen molar-refractivity contribution in [3.05, 3.63) is 11.7 Å². The third-order valence-corrected chi connectivity index (χ3v) is 3.60. The van der Waals surface area contributed by atoms with Crippen molar-refractivity contribution in [2.24, 2.45) is 0 Å². The number of amides is 1. The summed E-state index contributed by atoms with van der Waals surface area (Å²) in [6.45, 7) is 8.04. The molecule has 2 atom stereocenters. The van der Waals surface area contributed by atoms with E-state index in [1.54, 1.807) is 4.90 Å². The van der Waals surface area contributed by atoms with Crippen molar-refractivity contribution in [3.8, 4) is 0 Å². The summed E-state index contributed by atoms with van der Waals surface area (Å²) in [5, 5.41) is 3.99. The summed E-state index contributed by atoms with van der Waals surface area (Å²) in [6, 6.07) is -0.449. The van der Waals surface area contributed by atoms with Gasteiger partial charge in [0.2, 0.25) is 0 Å². The van der Waals surface area contributed by atoms with E-state index in [-0.39, 0.29) is 6.10 Å². The number of carbonyl (C=O) groups excluding carboxylic acids is 1. The van der Waals surface area contributed by atoms with E-state index in [1.807, 2.05) is 20.8 Å². The summed E-state index contributed by atoms with van der Waals surface area (Å²) in [5.41, 5.74) is -0.574. The summed E-state index contributed by atoms with van der Waals surface area (Å²) < 4.78 is 27.1. The average Bonchev–Trinajstić information content (AvgIpc) is 3.04. The number of morpholine rings is 1. The molecule has 0 aliphatic carbocycles. The molecule has 3 heterocycles. The third kappa shape index (κ3) is 4.03. The Kier molecular flexibility index (Phi) is 5.02. The highest BCUT2D eigenvalue weighted by atomic mass is 16.6. The van der Waals surface area contributed by atoms with E-state index in [9.17, 15) is 4.79 Å². The van der Waals surface area contributed by atoms with Crippen molar-refractivity contribution in [1.82, 2.24) is 15.0 Å². The van der Waals surface area contributed by atoms with Crippen molar-refractivity contribution in [2.75, 3.05) is 39.6 Å². The van der Waals surface area contributed by atoms with Gasteiger partial charge in [-0.3, -0.25) is 4.90 Å². The van der Waals surface area contributed by atoms with Gasteiger partial charge in [0.05, 0.1) is 33.0 Å². The van der Waals surface area contributed by atoms with Gasteiger partial charge in [-0.1, -0.05) is 5.16 Å². The molecular formula is C15H23N3O6. The molecule has 2 unspecified atom stereocenters. The van der Waals surface area contributed by atoms with Crippen LogP contribution in [0.4, 0.5) is 4.79 Å². The number of carbonyl (C=O) groups is 1. The number of rotatable bonds is 2. The summed E-state index contributed by atoms with van der Waals surface area (Å²) in [5.74, 6) is 0.726. The zero-order chi connectivity index (χ0) is 17.2. The van der Waals surface area contributed by atoms with Gasteiger partial charge < -0.3 is 23.5 Å². The second-order valence-corrected chi connectivity index (χ2v) is 6.69. The normalized spacial score (nSPS) is 25.5. The first-order valence-corrected chi connectivity index (χ1v) is 8.04. The summed E-state index contributed by atoms with van der Waals surface area (Å²) >= 11 is 0. The van der Waals surface area contributed by atoms with Crippen LogP contribution in [0.25, 0.3) is 0 Å². The summed E-state index contributed by atoms with van der Waals surface area (Å²) in [6.07, 6.45) is -0.793. The Labute approximate surface area is 140 Å². The molecule has 2 fully saturated rings. The first-order valence-electron chi connectivity index (χ1n) is 8.04. The van der Waals surface area contributed by atoms with Gasteiger partial charge in [-0.15, -0.1) is 0 Å². The van der Waals surface area contributed by atoms with E-state index in [0.29, 0.717) is 51.3 Å². The highest BCUT2D eigenvalue weighted by Crippen LogP contribution is 2.26. The Balaban J connectivity index is 1.73. The predicted molar refractivity (Wildman–Crippen MR) is 80.3 cm³/mol. The molecule has 0 bridgehead atoms. The van der Waals surface area contributed by atoms with E-state index in [4.69, 9.17) is 23.5 Å². The molecule has 2 saturated heterocycles. The van der Waals surface area contributed by atoms with Crippen LogP contribution in [0.1, 0.15) is 44.6 Å². The predicted octanol–water partition coefficient (Wildman–Crippen LogP) is 1.47. The van der Waals surface area contributed by atoms with Gasteiger partial charge in [-0.05, 0) is 20.8 Å². The maximum atomic E-state index is 12.4. The maximum absolute atomic E-state index is 12.4. The maximum Gasteiger partial charge on any atom is 0.411 e. The number of nitrogens with zero attached hydrogens (tertiary/aromatic N) is 3. The van der Waals surface area contributed by atoms with Crippen LogP contribution >= 0.6 is 0 Å². The molecule has 0 saturated carbocycles. The van der Waals surface area contributed by atoms with Gasteiger partial charge in [0.25, 0.3) is 5.89 Å². The molecule has 1 aromatic rings. The lowest BCUT2D eigenvalue weighted by Gasteiger charge is -2.34. The fourth-order valence-electron chi connectivity index (χ4n) is 2.50. The monoisotopic (exact) mass is 341 g/mol. The molecule has 0 N–H and O–H groups in total. The number of hydrogen-bond acceptors (Lipinski definition) is 8. The van der Waals surface area contributed by atoms with Crippen molar-refractivity contribution >= 4 is 6.09 Å². The minimum absolute atomic E-state index is 0.292. The molecule has 0 aromatic carbocycles. The van der Waals surface area contributed by atoms with E-state index in [2.05, 4.69) is 10.1 Å². The van der Waals surface area contributed by atoms with Crippen LogP contribution < -0.4 is 0 Å². The molecular weight excluding hydrogens is 318 g/mol. The quantitative estimate of drug-likeness (QED) is 0.798. The first kappa shape index (κ1) is 17.1. The lowest BCUT2D eigenvalue weighted by molar-refractivity contribution is -0.101. The van der Waals surface area contributed by atoms with Crippen molar-refractivity contribution in [2.45, 2.75) is 38.5 Å². The largest absolute Gasteiger partial charge is 0.444 e. The molecule has 24 heavy (non-hydrogen) atoms. The van der Waals surface area contributed by atoms with Crippen molar-refractivity contribution < 1.29 is 28.3 Å². The zero-order valence-corrected chi connectivity index (χ0v) is 14.2. The fraction of sp³-hybridized carbons (Fsp3) is 0.800. The van der Waals surface area contributed by atoms with Gasteiger partial charge in [0.15, 0.2) is 11.9 Å². The van der Waals surface area contributed by atoms with E-state index in [0.717, 1.165) is 0 Å². The smallest absolute Gasteiger partial charge is 0.411 e. The molecule has 9 heteroatoms. The van der Waals surface area contributed by atoms with Crippen LogP contribution in [-0.2, 0) is 18.9 Å². The fourth-order valence-corrected chi connectivity index (χ4v) is 2.50. The Morgan fingerprint density at radius 3 is 2.71 bits per heavy atom. The van der Waals surface area contributed by atoms with Crippen molar-refractivity contribution in [3.63, 3.8) is 0 Å². The van der Waals surface area contributed by atoms with Gasteiger partial charge in [0, 0.05) is 6.54 Å². The second-order valence-electron chi connectivity index (χ2n) is 6.69. The lowest BCUT2D eigenvalue weighted by Crippen LogP contribution is -2.46. The standard InChI is InChI=1S/C15H23N3O6/c1-15(2,3)23-14(19)18-4-5-20-8-10(18)12-16-13(24-17-12)11-9-21-6-7-22-11/h10-11H,4-9H2,1-3H3. The molecule has 1 aromatic heterocycles. The third-order valence-electron chi connectivity index (χ3n) is 3.60. The lowest BCUT2D eigenvalue weighted by atomic mass is 10.2. The molecule has 0 spiro atoms. The average molecular weight is 341 g/mol. The minimum atomic E-state index is -0.574. The van der Waals surface area contributed by atoms with Crippen LogP contribution in [0, 0.1) is 0 Å². The molecule has 9 nitrogen and oxygen atoms in total. The summed E-state index contributed by atoms with van der Waals surface area (Å²) in [4.78, 5) is 18.4. The molecule has 3 rings (SSSR count).